The van der Waals surface area contributed by atoms with Gasteiger partial charge in [-0.2, -0.15) is 0 Å². The number of hydrogen-bond acceptors (Lipinski definition) is 3. The molecule has 0 spiro atoms. The molecule has 0 aliphatic heterocycles. The van der Waals surface area contributed by atoms with E-state index in [1.54, 1.807) is 0 Å². The lowest BCUT2D eigenvalue weighted by molar-refractivity contribution is -0.143. The van der Waals surface area contributed by atoms with E-state index in [0.29, 0.717) is 12.3 Å². The van der Waals surface area contributed by atoms with Gasteiger partial charge in [-0.3, -0.25) is 9.59 Å². The lowest BCUT2D eigenvalue weighted by Gasteiger charge is -2.04. The summed E-state index contributed by atoms with van der Waals surface area (Å²) in [5.41, 5.74) is 0. The Morgan fingerprint density at radius 3 is 2.92 bits per heavy atom. The van der Waals surface area contributed by atoms with Gasteiger partial charge in [-0.05, 0) is 18.8 Å². The van der Waals surface area contributed by atoms with Gasteiger partial charge in [0.25, 0.3) is 0 Å². The molecule has 0 aromatic rings. The molecular formula is C9H12O3. The lowest BCUT2D eigenvalue weighted by Crippen LogP contribution is -2.09. The van der Waals surface area contributed by atoms with Crippen molar-refractivity contribution in [2.24, 2.45) is 17.8 Å². The van der Waals surface area contributed by atoms with Gasteiger partial charge in [0.1, 0.15) is 5.78 Å². The Bertz CT molecular complexity index is 234. The maximum absolute atomic E-state index is 11.3. The van der Waals surface area contributed by atoms with Crippen LogP contribution < -0.4 is 0 Å². The van der Waals surface area contributed by atoms with E-state index in [1.165, 1.54) is 7.11 Å². The fraction of sp³-hybridized carbons (Fsp3) is 0.778. The molecule has 3 nitrogen and oxygen atoms in total. The summed E-state index contributed by atoms with van der Waals surface area (Å²) < 4.78 is 4.62. The van der Waals surface area contributed by atoms with Crippen molar-refractivity contribution in [3.8, 4) is 0 Å². The van der Waals surface area contributed by atoms with Crippen LogP contribution in [-0.4, -0.2) is 18.9 Å². The lowest BCUT2D eigenvalue weighted by atomic mass is 10.00. The molecule has 3 heteroatoms. The van der Waals surface area contributed by atoms with Gasteiger partial charge in [-0.1, -0.05) is 0 Å². The molecule has 0 heterocycles. The summed E-state index contributed by atoms with van der Waals surface area (Å²) in [5.74, 6) is 0.316. The highest BCUT2D eigenvalue weighted by Gasteiger charge is 2.59. The molecule has 2 aliphatic carbocycles. The second kappa shape index (κ2) is 2.57. The van der Waals surface area contributed by atoms with Gasteiger partial charge >= 0.3 is 5.97 Å². The van der Waals surface area contributed by atoms with Gasteiger partial charge in [0.2, 0.25) is 0 Å². The van der Waals surface area contributed by atoms with E-state index in [9.17, 15) is 9.59 Å². The maximum atomic E-state index is 11.3. The number of methoxy groups -OCH3 is 1. The topological polar surface area (TPSA) is 43.4 Å². The van der Waals surface area contributed by atoms with Crippen molar-refractivity contribution >= 4 is 11.8 Å². The molecule has 0 radical (unpaired) electrons. The number of rotatable bonds is 1. The third kappa shape index (κ3) is 0.958. The first-order valence-electron chi connectivity index (χ1n) is 4.36. The molecule has 0 aromatic heterocycles. The van der Waals surface area contributed by atoms with Crippen LogP contribution in [-0.2, 0) is 14.3 Å². The Labute approximate surface area is 71.1 Å². The standard InChI is InChI=1S/C9H12O3/c1-12-9(11)8-5-3-2-4-6(10)7(5)8/h5,7-8H,2-4H2,1H3. The average Bonchev–Trinajstić information content (AvgIpc) is 2.79. The number of ketones is 1. The van der Waals surface area contributed by atoms with Crippen molar-refractivity contribution in [1.82, 2.24) is 0 Å². The van der Waals surface area contributed by atoms with Crippen LogP contribution in [0.15, 0.2) is 0 Å². The molecule has 0 amide bonds. The molecule has 0 aromatic carbocycles. The quantitative estimate of drug-likeness (QED) is 0.543. The fourth-order valence-electron chi connectivity index (χ4n) is 2.31. The highest BCUT2D eigenvalue weighted by Crippen LogP contribution is 2.53. The number of carbonyl (C=O) groups is 2. The Morgan fingerprint density at radius 1 is 1.58 bits per heavy atom. The van der Waals surface area contributed by atoms with E-state index in [4.69, 9.17) is 0 Å². The van der Waals surface area contributed by atoms with Crippen molar-refractivity contribution in [1.29, 1.82) is 0 Å². The highest BCUT2D eigenvalue weighted by molar-refractivity contribution is 5.93. The first kappa shape index (κ1) is 7.77. The molecule has 0 bridgehead atoms. The third-order valence-electron chi connectivity index (χ3n) is 2.97. The summed E-state index contributed by atoms with van der Waals surface area (Å²) in [4.78, 5) is 22.4. The molecule has 66 valence electrons. The van der Waals surface area contributed by atoms with E-state index in [1.807, 2.05) is 0 Å². The third-order valence-corrected chi connectivity index (χ3v) is 2.97. The fourth-order valence-corrected chi connectivity index (χ4v) is 2.31. The van der Waals surface area contributed by atoms with Gasteiger partial charge in [0.05, 0.1) is 13.0 Å². The number of hydrogen-bond donors (Lipinski definition) is 0. The van der Waals surface area contributed by atoms with E-state index >= 15 is 0 Å². The Balaban J connectivity index is 2.05. The van der Waals surface area contributed by atoms with Crippen molar-refractivity contribution in [2.45, 2.75) is 19.3 Å². The second-order valence-corrected chi connectivity index (χ2v) is 3.60. The minimum Gasteiger partial charge on any atom is -0.469 e. The van der Waals surface area contributed by atoms with Gasteiger partial charge in [0, 0.05) is 12.3 Å². The summed E-state index contributed by atoms with van der Waals surface area (Å²) in [6.45, 7) is 0. The zero-order valence-electron chi connectivity index (χ0n) is 7.08. The molecule has 3 unspecified atom stereocenters. The van der Waals surface area contributed by atoms with Crippen LogP contribution >= 0.6 is 0 Å². The average molecular weight is 168 g/mol. The first-order valence-corrected chi connectivity index (χ1v) is 4.36. The zero-order valence-corrected chi connectivity index (χ0v) is 7.08. The van der Waals surface area contributed by atoms with Gasteiger partial charge in [-0.15, -0.1) is 0 Å². The van der Waals surface area contributed by atoms with Gasteiger partial charge < -0.3 is 4.74 Å². The summed E-state index contributed by atoms with van der Waals surface area (Å²) in [7, 11) is 1.39. The molecular weight excluding hydrogens is 156 g/mol. The van der Waals surface area contributed by atoms with Crippen LogP contribution in [0.25, 0.3) is 0 Å². The van der Waals surface area contributed by atoms with Crippen LogP contribution in [0.1, 0.15) is 19.3 Å². The van der Waals surface area contributed by atoms with E-state index in [2.05, 4.69) is 4.74 Å². The highest BCUT2D eigenvalue weighted by atomic mass is 16.5. The number of ether oxygens (including phenoxy) is 1. The zero-order chi connectivity index (χ0) is 8.72. The van der Waals surface area contributed by atoms with Crippen LogP contribution in [0.2, 0.25) is 0 Å². The summed E-state index contributed by atoms with van der Waals surface area (Å²) in [6, 6.07) is 0. The van der Waals surface area contributed by atoms with Crippen molar-refractivity contribution in [2.75, 3.05) is 7.11 Å². The molecule has 0 saturated heterocycles. The maximum Gasteiger partial charge on any atom is 0.309 e. The molecule has 2 saturated carbocycles. The Hall–Kier alpha value is -0.860. The van der Waals surface area contributed by atoms with Gasteiger partial charge in [-0.25, -0.2) is 0 Å². The van der Waals surface area contributed by atoms with Crippen LogP contribution in [0, 0.1) is 17.8 Å². The van der Waals surface area contributed by atoms with Crippen LogP contribution in [0.4, 0.5) is 0 Å². The molecule has 3 atom stereocenters. The molecule has 2 fully saturated rings. The number of esters is 1. The predicted octanol–water partition coefficient (Wildman–Crippen LogP) is 0.775. The predicted molar refractivity (Wildman–Crippen MR) is 41.3 cm³/mol. The van der Waals surface area contributed by atoms with E-state index in [0.717, 1.165) is 12.8 Å². The largest absolute Gasteiger partial charge is 0.469 e. The normalized spacial score (nSPS) is 38.8. The first-order chi connectivity index (χ1) is 5.75. The van der Waals surface area contributed by atoms with Crippen molar-refractivity contribution < 1.29 is 14.3 Å². The number of fused-ring (bicyclic) bond motifs is 1. The summed E-state index contributed by atoms with van der Waals surface area (Å²) in [5, 5.41) is 0. The van der Waals surface area contributed by atoms with Crippen molar-refractivity contribution in [3.63, 3.8) is 0 Å². The smallest absolute Gasteiger partial charge is 0.309 e. The minimum absolute atomic E-state index is 0.0196. The molecule has 2 rings (SSSR count). The summed E-state index contributed by atoms with van der Waals surface area (Å²) in [6.07, 6.45) is 2.64. The SMILES string of the molecule is COC(=O)C1C2CCCC(=O)C21. The monoisotopic (exact) mass is 168 g/mol. The molecule has 0 N–H and O–H groups in total. The molecule has 2 aliphatic rings. The number of carbonyl (C=O) groups excluding carboxylic acids is 2. The van der Waals surface area contributed by atoms with Crippen LogP contribution in [0.3, 0.4) is 0 Å². The second-order valence-electron chi connectivity index (χ2n) is 3.60. The van der Waals surface area contributed by atoms with Crippen molar-refractivity contribution in [3.05, 3.63) is 0 Å². The minimum atomic E-state index is -0.194. The molecule has 12 heavy (non-hydrogen) atoms. The van der Waals surface area contributed by atoms with Gasteiger partial charge in [0.15, 0.2) is 0 Å². The summed E-state index contributed by atoms with van der Waals surface area (Å²) >= 11 is 0. The number of Topliss-reactive ketones (excluding diaryl/α,β-unsaturated/α-hetero) is 1. The van der Waals surface area contributed by atoms with E-state index < -0.39 is 0 Å². The Morgan fingerprint density at radius 2 is 2.33 bits per heavy atom. The van der Waals surface area contributed by atoms with Crippen LogP contribution in [0.5, 0.6) is 0 Å². The Kier molecular flexibility index (Phi) is 1.67. The van der Waals surface area contributed by atoms with E-state index in [-0.39, 0.29) is 23.6 Å².